The first kappa shape index (κ1) is 26.6. The van der Waals surface area contributed by atoms with Crippen molar-refractivity contribution < 1.29 is 23.5 Å². The van der Waals surface area contributed by atoms with Crippen molar-refractivity contribution in [3.63, 3.8) is 0 Å². The van der Waals surface area contributed by atoms with Gasteiger partial charge in [-0.1, -0.05) is 90.5 Å². The fourth-order valence-electron chi connectivity index (χ4n) is 4.70. The molecule has 2 atom stereocenters. The molecule has 4 rings (SSSR count). The number of carbonyl (C=O) groups excluding carboxylic acids is 1. The van der Waals surface area contributed by atoms with Gasteiger partial charge >= 0.3 is 5.97 Å². The van der Waals surface area contributed by atoms with E-state index >= 15 is 4.39 Å². The summed E-state index contributed by atoms with van der Waals surface area (Å²) < 4.78 is 29.3. The van der Waals surface area contributed by atoms with E-state index in [-0.39, 0.29) is 29.1 Å². The van der Waals surface area contributed by atoms with Gasteiger partial charge in [0, 0.05) is 29.2 Å². The largest absolute Gasteiger partial charge is 0.477 e. The lowest BCUT2D eigenvalue weighted by Gasteiger charge is -2.38. The summed E-state index contributed by atoms with van der Waals surface area (Å²) in [5, 5.41) is 9.75. The number of carboxylic acid groups (broad SMARTS) is 1. The number of ketones is 1. The van der Waals surface area contributed by atoms with E-state index in [4.69, 9.17) is 0 Å². The molecule has 1 aliphatic carbocycles. The van der Waals surface area contributed by atoms with Crippen molar-refractivity contribution in [2.75, 3.05) is 0 Å². The first-order valence-corrected chi connectivity index (χ1v) is 12.1. The number of hydrogen-bond acceptors (Lipinski definition) is 3. The van der Waals surface area contributed by atoms with Crippen molar-refractivity contribution >= 4 is 17.5 Å². The van der Waals surface area contributed by atoms with E-state index in [0.717, 1.165) is 11.6 Å². The highest BCUT2D eigenvalue weighted by molar-refractivity contribution is 6.36. The first-order valence-electron chi connectivity index (χ1n) is 12.1. The molecule has 0 spiro atoms. The molecule has 6 heteroatoms. The predicted molar refractivity (Wildman–Crippen MR) is 145 cm³/mol. The van der Waals surface area contributed by atoms with Crippen LogP contribution in [0.4, 0.5) is 8.78 Å². The van der Waals surface area contributed by atoms with Gasteiger partial charge in [0.05, 0.1) is 5.41 Å². The number of hydrogen-bond donors (Lipinski definition) is 1. The Bertz CT molecular complexity index is 1490. The van der Waals surface area contributed by atoms with Crippen molar-refractivity contribution in [3.05, 3.63) is 143 Å². The Morgan fingerprint density at radius 1 is 1.00 bits per heavy atom. The van der Waals surface area contributed by atoms with Gasteiger partial charge in [-0.05, 0) is 25.5 Å². The zero-order valence-corrected chi connectivity index (χ0v) is 21.1. The minimum absolute atomic E-state index is 0.0126. The van der Waals surface area contributed by atoms with Gasteiger partial charge in [-0.3, -0.25) is 9.79 Å². The van der Waals surface area contributed by atoms with Crippen LogP contribution in [0.5, 0.6) is 0 Å². The Hall–Kier alpha value is -4.45. The lowest BCUT2D eigenvalue weighted by molar-refractivity contribution is -0.129. The van der Waals surface area contributed by atoms with Crippen LogP contribution in [0.15, 0.2) is 114 Å². The fraction of sp³-hybridized carbons (Fsp3) is 0.156. The summed E-state index contributed by atoms with van der Waals surface area (Å²) >= 11 is 0. The molecule has 0 aliphatic heterocycles. The summed E-state index contributed by atoms with van der Waals surface area (Å²) in [6.45, 7) is 7.17. The van der Waals surface area contributed by atoms with Crippen LogP contribution in [0.2, 0.25) is 0 Å². The van der Waals surface area contributed by atoms with E-state index in [1.807, 2.05) is 31.2 Å². The molecule has 0 fully saturated rings. The highest BCUT2D eigenvalue weighted by atomic mass is 19.1. The summed E-state index contributed by atoms with van der Waals surface area (Å²) in [5.74, 6) is -3.11. The summed E-state index contributed by atoms with van der Waals surface area (Å²) in [5.41, 5.74) is -0.526. The average molecular weight is 512 g/mol. The van der Waals surface area contributed by atoms with Crippen molar-refractivity contribution in [2.24, 2.45) is 4.99 Å². The molecular formula is C32H27F2NO3. The first-order chi connectivity index (χ1) is 18.1. The van der Waals surface area contributed by atoms with Gasteiger partial charge in [-0.15, -0.1) is 6.58 Å². The van der Waals surface area contributed by atoms with Gasteiger partial charge in [0.25, 0.3) is 0 Å². The Kier molecular flexibility index (Phi) is 7.35. The number of Topliss-reactive ketones (excluding diaryl/α,β-unsaturated/α-hetero) is 1. The number of carbonyl (C=O) groups is 2. The molecule has 0 amide bonds. The molecule has 4 nitrogen and oxygen atoms in total. The van der Waals surface area contributed by atoms with Gasteiger partial charge in [0.2, 0.25) is 0 Å². The van der Waals surface area contributed by atoms with Crippen LogP contribution in [-0.4, -0.2) is 28.1 Å². The van der Waals surface area contributed by atoms with Gasteiger partial charge in [-0.2, -0.15) is 0 Å². The average Bonchev–Trinajstić information content (AvgIpc) is 2.90. The molecule has 0 saturated heterocycles. The zero-order chi connectivity index (χ0) is 27.5. The molecule has 38 heavy (non-hydrogen) atoms. The molecule has 1 aliphatic rings. The number of nitrogens with zero attached hydrogens (tertiary/aromatic N) is 1. The maximum absolute atomic E-state index is 15.4. The van der Waals surface area contributed by atoms with Gasteiger partial charge in [-0.25, -0.2) is 13.6 Å². The molecule has 0 heterocycles. The molecule has 0 aromatic heterocycles. The van der Waals surface area contributed by atoms with E-state index in [2.05, 4.69) is 11.6 Å². The van der Waals surface area contributed by atoms with Crippen molar-refractivity contribution in [3.8, 4) is 0 Å². The fourth-order valence-corrected chi connectivity index (χ4v) is 4.70. The van der Waals surface area contributed by atoms with Crippen molar-refractivity contribution in [1.82, 2.24) is 0 Å². The molecular weight excluding hydrogens is 484 g/mol. The summed E-state index contributed by atoms with van der Waals surface area (Å²) in [6.07, 6.45) is 6.36. The lowest BCUT2D eigenvalue weighted by atomic mass is 9.66. The summed E-state index contributed by atoms with van der Waals surface area (Å²) in [6, 6.07) is 19.3. The number of halogens is 2. The van der Waals surface area contributed by atoms with Crippen LogP contribution in [-0.2, 0) is 10.2 Å². The van der Waals surface area contributed by atoms with Crippen LogP contribution < -0.4 is 0 Å². The summed E-state index contributed by atoms with van der Waals surface area (Å²) in [4.78, 5) is 30.4. The Labute approximate surface area is 220 Å². The molecule has 192 valence electrons. The normalized spacial score (nSPS) is 21.1. The van der Waals surface area contributed by atoms with Crippen LogP contribution in [0.1, 0.15) is 40.4 Å². The van der Waals surface area contributed by atoms with E-state index in [9.17, 15) is 19.1 Å². The Morgan fingerprint density at radius 3 is 2.29 bits per heavy atom. The number of carboxylic acids is 1. The second-order valence-corrected chi connectivity index (χ2v) is 9.45. The SMILES string of the molecule is C=CCC(=NC1(C)C=CC(c2ccc(C)cc2)(c2ccc(F)cc2F)C=C1C(=O)c1ccccc1)C(=O)O. The highest BCUT2D eigenvalue weighted by Crippen LogP contribution is 2.45. The third kappa shape index (κ3) is 5.02. The number of aliphatic imine (C=N–C) groups is 1. The standard InChI is InChI=1S/C32H27F2NO3/c1-4-8-28(30(37)38)35-31(3)17-18-32(23-13-11-21(2)12-14-23,25-16-15-24(33)19-27(25)34)20-26(31)29(36)22-9-6-5-7-10-22/h4-7,9-20H,1,8H2,2-3H3,(H,37,38). The third-order valence-corrected chi connectivity index (χ3v) is 6.73. The van der Waals surface area contributed by atoms with Crippen molar-refractivity contribution in [2.45, 2.75) is 31.2 Å². The topological polar surface area (TPSA) is 66.7 Å². The van der Waals surface area contributed by atoms with Crippen LogP contribution in [0.25, 0.3) is 0 Å². The zero-order valence-electron chi connectivity index (χ0n) is 21.1. The monoisotopic (exact) mass is 511 g/mol. The number of benzene rings is 3. The minimum atomic E-state index is -1.38. The minimum Gasteiger partial charge on any atom is -0.477 e. The van der Waals surface area contributed by atoms with Crippen LogP contribution >= 0.6 is 0 Å². The Morgan fingerprint density at radius 2 is 1.68 bits per heavy atom. The maximum Gasteiger partial charge on any atom is 0.350 e. The quantitative estimate of drug-likeness (QED) is 0.206. The molecule has 0 radical (unpaired) electrons. The van der Waals surface area contributed by atoms with Gasteiger partial charge < -0.3 is 5.11 Å². The van der Waals surface area contributed by atoms with Crippen LogP contribution in [0, 0.1) is 18.6 Å². The molecule has 1 N–H and O–H groups in total. The van der Waals surface area contributed by atoms with E-state index in [1.165, 1.54) is 18.2 Å². The van der Waals surface area contributed by atoms with E-state index < -0.39 is 28.6 Å². The smallest absolute Gasteiger partial charge is 0.350 e. The maximum atomic E-state index is 15.4. The van der Waals surface area contributed by atoms with E-state index in [0.29, 0.717) is 11.1 Å². The molecule has 2 unspecified atom stereocenters. The Balaban J connectivity index is 2.05. The third-order valence-electron chi connectivity index (χ3n) is 6.73. The number of aliphatic carboxylic acids is 1. The molecule has 0 bridgehead atoms. The second-order valence-electron chi connectivity index (χ2n) is 9.45. The lowest BCUT2D eigenvalue weighted by Crippen LogP contribution is -2.38. The highest BCUT2D eigenvalue weighted by Gasteiger charge is 2.43. The molecule has 3 aromatic rings. The number of aryl methyl sites for hydroxylation is 1. The number of rotatable bonds is 8. The summed E-state index contributed by atoms with van der Waals surface area (Å²) in [7, 11) is 0. The predicted octanol–water partition coefficient (Wildman–Crippen LogP) is 6.80. The van der Waals surface area contributed by atoms with Crippen molar-refractivity contribution in [1.29, 1.82) is 0 Å². The van der Waals surface area contributed by atoms with E-state index in [1.54, 1.807) is 55.5 Å². The molecule has 3 aromatic carbocycles. The van der Waals surface area contributed by atoms with Gasteiger partial charge in [0.15, 0.2) is 5.78 Å². The van der Waals surface area contributed by atoms with Crippen LogP contribution in [0.3, 0.4) is 0 Å². The number of allylic oxidation sites excluding steroid dienone is 3. The second kappa shape index (κ2) is 10.5. The molecule has 0 saturated carbocycles. The van der Waals surface area contributed by atoms with Gasteiger partial charge in [0.1, 0.15) is 22.9 Å².